The topological polar surface area (TPSA) is 61.8 Å². The van der Waals surface area contributed by atoms with Gasteiger partial charge in [0.25, 0.3) is 0 Å². The fraction of sp³-hybridized carbons (Fsp3) is 0.562. The monoisotopic (exact) mass is 275 g/mol. The summed E-state index contributed by atoms with van der Waals surface area (Å²) in [5.74, 6) is 1.05. The van der Waals surface area contributed by atoms with E-state index < -0.39 is 0 Å². The maximum atomic E-state index is 8.96. The highest BCUT2D eigenvalue weighted by molar-refractivity contribution is 6.02. The molecule has 1 saturated heterocycles. The second kappa shape index (κ2) is 6.64. The van der Waals surface area contributed by atoms with E-state index in [0.717, 1.165) is 30.3 Å². The molecule has 3 N–H and O–H groups in total. The van der Waals surface area contributed by atoms with Gasteiger partial charge < -0.3 is 15.8 Å². The van der Waals surface area contributed by atoms with Gasteiger partial charge in [-0.15, -0.1) is 0 Å². The van der Waals surface area contributed by atoms with E-state index in [2.05, 4.69) is 30.0 Å². The van der Waals surface area contributed by atoms with E-state index >= 15 is 0 Å². The van der Waals surface area contributed by atoms with E-state index in [-0.39, 0.29) is 5.84 Å². The third kappa shape index (κ3) is 3.06. The number of nitrogens with two attached hydrogens (primary N) is 1. The van der Waals surface area contributed by atoms with Crippen molar-refractivity contribution in [2.45, 2.75) is 39.5 Å². The Labute approximate surface area is 121 Å². The van der Waals surface area contributed by atoms with Crippen LogP contribution in [-0.2, 0) is 0 Å². The summed E-state index contributed by atoms with van der Waals surface area (Å²) in [5, 5.41) is 12.1. The zero-order valence-corrected chi connectivity index (χ0v) is 12.5. The molecular formula is C16H25N3O. The van der Waals surface area contributed by atoms with Gasteiger partial charge in [0.2, 0.25) is 0 Å². The first-order valence-electron chi connectivity index (χ1n) is 7.49. The van der Waals surface area contributed by atoms with Crippen LogP contribution in [0.3, 0.4) is 0 Å². The van der Waals surface area contributed by atoms with E-state index in [1.165, 1.54) is 31.2 Å². The van der Waals surface area contributed by atoms with Gasteiger partial charge in [0, 0.05) is 18.7 Å². The molecule has 1 fully saturated rings. The first-order valence-corrected chi connectivity index (χ1v) is 7.49. The maximum Gasteiger partial charge on any atom is 0.172 e. The smallest absolute Gasteiger partial charge is 0.172 e. The molecule has 1 aromatic carbocycles. The minimum atomic E-state index is 0.194. The summed E-state index contributed by atoms with van der Waals surface area (Å²) in [4.78, 5) is 2.38. The van der Waals surface area contributed by atoms with Crippen molar-refractivity contribution < 1.29 is 5.21 Å². The third-order valence-electron chi connectivity index (χ3n) is 4.25. The quantitative estimate of drug-likeness (QED) is 0.384. The van der Waals surface area contributed by atoms with Crippen molar-refractivity contribution in [3.63, 3.8) is 0 Å². The largest absolute Gasteiger partial charge is 0.409 e. The van der Waals surface area contributed by atoms with Crippen LogP contribution in [0.25, 0.3) is 0 Å². The van der Waals surface area contributed by atoms with Gasteiger partial charge in [0.05, 0.1) is 5.69 Å². The highest BCUT2D eigenvalue weighted by Crippen LogP contribution is 2.30. The van der Waals surface area contributed by atoms with Crippen LogP contribution in [0.1, 0.15) is 43.7 Å². The van der Waals surface area contributed by atoms with Crippen molar-refractivity contribution >= 4 is 11.5 Å². The summed E-state index contributed by atoms with van der Waals surface area (Å²) >= 11 is 0. The Balaban J connectivity index is 2.21. The van der Waals surface area contributed by atoms with Crippen LogP contribution >= 0.6 is 0 Å². The number of amidine groups is 1. The van der Waals surface area contributed by atoms with E-state index in [1.807, 2.05) is 12.1 Å². The summed E-state index contributed by atoms with van der Waals surface area (Å²) in [7, 11) is 0. The zero-order chi connectivity index (χ0) is 14.5. The number of rotatable bonds is 4. The fourth-order valence-corrected chi connectivity index (χ4v) is 3.19. The summed E-state index contributed by atoms with van der Waals surface area (Å²) in [5.41, 5.74) is 8.96. The molecule has 1 aliphatic rings. The molecule has 4 nitrogen and oxygen atoms in total. The van der Waals surface area contributed by atoms with Gasteiger partial charge in [-0.3, -0.25) is 0 Å². The Bertz CT molecular complexity index is 477. The first kappa shape index (κ1) is 14.7. The fourth-order valence-electron chi connectivity index (χ4n) is 3.19. The van der Waals surface area contributed by atoms with E-state index in [0.29, 0.717) is 0 Å². The molecule has 110 valence electrons. The van der Waals surface area contributed by atoms with E-state index in [1.54, 1.807) is 0 Å². The zero-order valence-electron chi connectivity index (χ0n) is 12.5. The van der Waals surface area contributed by atoms with Crippen LogP contribution in [0.5, 0.6) is 0 Å². The van der Waals surface area contributed by atoms with Crippen molar-refractivity contribution in [1.82, 2.24) is 0 Å². The Hall–Kier alpha value is -1.71. The molecule has 0 unspecified atom stereocenters. The average molecular weight is 275 g/mol. The molecule has 4 heteroatoms. The average Bonchev–Trinajstić information content (AvgIpc) is 2.47. The molecule has 0 amide bonds. The van der Waals surface area contributed by atoms with Gasteiger partial charge in [0.15, 0.2) is 5.84 Å². The van der Waals surface area contributed by atoms with Gasteiger partial charge in [0.1, 0.15) is 0 Å². The molecule has 0 radical (unpaired) electrons. The number of hydrogen-bond donors (Lipinski definition) is 2. The van der Waals surface area contributed by atoms with Crippen molar-refractivity contribution in [1.29, 1.82) is 0 Å². The lowest BCUT2D eigenvalue weighted by atomic mass is 9.91. The minimum absolute atomic E-state index is 0.194. The molecule has 0 spiro atoms. The number of aryl methyl sites for hydroxylation is 1. The Morgan fingerprint density at radius 1 is 1.40 bits per heavy atom. The number of piperidine rings is 1. The number of para-hydroxylation sites is 1. The Kier molecular flexibility index (Phi) is 4.88. The molecule has 0 aliphatic carbocycles. The van der Waals surface area contributed by atoms with Crippen molar-refractivity contribution in [3.05, 3.63) is 29.3 Å². The van der Waals surface area contributed by atoms with Crippen molar-refractivity contribution in [2.75, 3.05) is 18.0 Å². The number of anilines is 1. The lowest BCUT2D eigenvalue weighted by Crippen LogP contribution is -2.35. The van der Waals surface area contributed by atoms with E-state index in [9.17, 15) is 0 Å². The maximum absolute atomic E-state index is 8.96. The van der Waals surface area contributed by atoms with Gasteiger partial charge in [-0.05, 0) is 37.3 Å². The molecule has 1 aromatic rings. The first-order chi connectivity index (χ1) is 9.67. The van der Waals surface area contributed by atoms with Gasteiger partial charge >= 0.3 is 0 Å². The minimum Gasteiger partial charge on any atom is -0.409 e. The molecule has 20 heavy (non-hydrogen) atoms. The number of hydrogen-bond acceptors (Lipinski definition) is 3. The molecule has 2 rings (SSSR count). The van der Waals surface area contributed by atoms with Crippen LogP contribution in [0, 0.1) is 12.8 Å². The molecular weight excluding hydrogens is 250 g/mol. The molecule has 0 atom stereocenters. The van der Waals surface area contributed by atoms with Crippen LogP contribution in [0.15, 0.2) is 23.4 Å². The molecule has 1 heterocycles. The molecule has 0 bridgehead atoms. The van der Waals surface area contributed by atoms with Crippen LogP contribution < -0.4 is 10.6 Å². The Morgan fingerprint density at radius 3 is 2.70 bits per heavy atom. The summed E-state index contributed by atoms with van der Waals surface area (Å²) in [6.45, 7) is 6.45. The highest BCUT2D eigenvalue weighted by atomic mass is 16.4. The lowest BCUT2D eigenvalue weighted by molar-refractivity contribution is 0.318. The molecule has 0 aromatic heterocycles. The van der Waals surface area contributed by atoms with Gasteiger partial charge in [-0.2, -0.15) is 0 Å². The summed E-state index contributed by atoms with van der Waals surface area (Å²) in [6, 6.07) is 5.97. The van der Waals surface area contributed by atoms with Crippen molar-refractivity contribution in [3.8, 4) is 0 Å². The predicted molar refractivity (Wildman–Crippen MR) is 83.5 cm³/mol. The van der Waals surface area contributed by atoms with Gasteiger partial charge in [-0.25, -0.2) is 0 Å². The van der Waals surface area contributed by atoms with Crippen LogP contribution in [-0.4, -0.2) is 24.1 Å². The standard InChI is InChI=1S/C16H25N3O/c1-3-5-13-8-10-19(11-9-13)15-12(2)6-4-7-14(15)16(17)18-20/h4,6-7,13,20H,3,5,8-11H2,1-2H3,(H2,17,18). The second-order valence-corrected chi connectivity index (χ2v) is 5.68. The van der Waals surface area contributed by atoms with Gasteiger partial charge in [-0.1, -0.05) is 37.1 Å². The Morgan fingerprint density at radius 2 is 2.10 bits per heavy atom. The summed E-state index contributed by atoms with van der Waals surface area (Å²) in [6.07, 6.45) is 5.06. The molecule has 1 aliphatic heterocycles. The number of benzene rings is 1. The second-order valence-electron chi connectivity index (χ2n) is 5.68. The SMILES string of the molecule is CCCC1CCN(c2c(C)cccc2/C(N)=N/O)CC1. The normalized spacial score (nSPS) is 17.5. The highest BCUT2D eigenvalue weighted by Gasteiger charge is 2.22. The van der Waals surface area contributed by atoms with E-state index in [4.69, 9.17) is 10.9 Å². The van der Waals surface area contributed by atoms with Crippen LogP contribution in [0.4, 0.5) is 5.69 Å². The third-order valence-corrected chi connectivity index (χ3v) is 4.25. The van der Waals surface area contributed by atoms with Crippen molar-refractivity contribution in [2.24, 2.45) is 16.8 Å². The molecule has 0 saturated carbocycles. The number of nitrogens with zero attached hydrogens (tertiary/aromatic N) is 2. The summed E-state index contributed by atoms with van der Waals surface area (Å²) < 4.78 is 0. The van der Waals surface area contributed by atoms with Crippen LogP contribution in [0.2, 0.25) is 0 Å². The lowest BCUT2D eigenvalue weighted by Gasteiger charge is -2.35. The predicted octanol–water partition coefficient (Wildman–Crippen LogP) is 3.11. The number of oxime groups is 1.